The molecule has 0 amide bonds. The van der Waals surface area contributed by atoms with Crippen molar-refractivity contribution in [2.24, 2.45) is 0 Å². The standard InChI is InChI=1S/C16H24N2O/c1-3-16(2,19)15-17-11-7-10-14(17)12-18(15)13-8-5-4-6-9-13/h4-6,8-9,14-15,19H,3,7,10-12H2,1-2H3/t14-,15?,16-/m0/s1. The van der Waals surface area contributed by atoms with Gasteiger partial charge in [-0.05, 0) is 38.3 Å². The average molecular weight is 260 g/mol. The van der Waals surface area contributed by atoms with Crippen molar-refractivity contribution in [3.8, 4) is 0 Å². The monoisotopic (exact) mass is 260 g/mol. The van der Waals surface area contributed by atoms with Crippen LogP contribution in [0.2, 0.25) is 0 Å². The third-order valence-corrected chi connectivity index (χ3v) is 4.80. The Labute approximate surface area is 115 Å². The highest BCUT2D eigenvalue weighted by molar-refractivity contribution is 5.49. The Balaban J connectivity index is 1.95. The second-order valence-corrected chi connectivity index (χ2v) is 6.11. The maximum atomic E-state index is 10.8. The van der Waals surface area contributed by atoms with Crippen molar-refractivity contribution in [1.82, 2.24) is 4.90 Å². The van der Waals surface area contributed by atoms with Gasteiger partial charge in [0.2, 0.25) is 0 Å². The highest BCUT2D eigenvalue weighted by atomic mass is 16.3. The Morgan fingerprint density at radius 1 is 1.32 bits per heavy atom. The largest absolute Gasteiger partial charge is 0.387 e. The number of fused-ring (bicyclic) bond motifs is 1. The Morgan fingerprint density at radius 2 is 2.05 bits per heavy atom. The van der Waals surface area contributed by atoms with Crippen LogP contribution in [0, 0.1) is 0 Å². The van der Waals surface area contributed by atoms with Crippen LogP contribution in [0.3, 0.4) is 0 Å². The summed E-state index contributed by atoms with van der Waals surface area (Å²) in [6, 6.07) is 11.1. The van der Waals surface area contributed by atoms with Crippen LogP contribution in [0.25, 0.3) is 0 Å². The fraction of sp³-hybridized carbons (Fsp3) is 0.625. The zero-order valence-electron chi connectivity index (χ0n) is 11.9. The Kier molecular flexibility index (Phi) is 3.27. The van der Waals surface area contributed by atoms with Crippen LogP contribution < -0.4 is 4.90 Å². The maximum absolute atomic E-state index is 10.8. The highest BCUT2D eigenvalue weighted by Crippen LogP contribution is 2.38. The van der Waals surface area contributed by atoms with E-state index in [0.29, 0.717) is 6.04 Å². The van der Waals surface area contributed by atoms with E-state index in [2.05, 4.69) is 41.0 Å². The zero-order valence-corrected chi connectivity index (χ0v) is 11.9. The van der Waals surface area contributed by atoms with Gasteiger partial charge >= 0.3 is 0 Å². The van der Waals surface area contributed by atoms with Crippen molar-refractivity contribution in [3.63, 3.8) is 0 Å². The number of benzene rings is 1. The topological polar surface area (TPSA) is 26.7 Å². The van der Waals surface area contributed by atoms with Crippen LogP contribution in [-0.4, -0.2) is 40.9 Å². The summed E-state index contributed by atoms with van der Waals surface area (Å²) in [7, 11) is 0. The van der Waals surface area contributed by atoms with E-state index in [1.807, 2.05) is 13.0 Å². The summed E-state index contributed by atoms with van der Waals surface area (Å²) in [6.45, 7) is 6.22. The van der Waals surface area contributed by atoms with E-state index in [-0.39, 0.29) is 6.17 Å². The molecule has 2 aliphatic heterocycles. The molecule has 2 aliphatic rings. The van der Waals surface area contributed by atoms with Crippen LogP contribution in [0.4, 0.5) is 5.69 Å². The first-order chi connectivity index (χ1) is 9.13. The predicted molar refractivity (Wildman–Crippen MR) is 78.2 cm³/mol. The molecular weight excluding hydrogens is 236 g/mol. The fourth-order valence-electron chi connectivity index (χ4n) is 3.62. The first-order valence-corrected chi connectivity index (χ1v) is 7.43. The maximum Gasteiger partial charge on any atom is 0.111 e. The number of hydrogen-bond donors (Lipinski definition) is 1. The van der Waals surface area contributed by atoms with Gasteiger partial charge in [-0.1, -0.05) is 25.1 Å². The molecule has 2 saturated heterocycles. The second kappa shape index (κ2) is 4.80. The zero-order chi connectivity index (χ0) is 13.5. The predicted octanol–water partition coefficient (Wildman–Crippen LogP) is 2.46. The molecule has 0 radical (unpaired) electrons. The van der Waals surface area contributed by atoms with Gasteiger partial charge in [0, 0.05) is 24.8 Å². The molecule has 3 heteroatoms. The lowest BCUT2D eigenvalue weighted by Gasteiger charge is -2.40. The normalized spacial score (nSPS) is 30.4. The molecule has 0 aromatic heterocycles. The van der Waals surface area contributed by atoms with E-state index in [0.717, 1.165) is 19.5 Å². The molecule has 3 nitrogen and oxygen atoms in total. The van der Waals surface area contributed by atoms with E-state index in [4.69, 9.17) is 0 Å². The fourth-order valence-corrected chi connectivity index (χ4v) is 3.62. The summed E-state index contributed by atoms with van der Waals surface area (Å²) >= 11 is 0. The molecule has 2 fully saturated rings. The summed E-state index contributed by atoms with van der Waals surface area (Å²) < 4.78 is 0. The molecule has 0 spiro atoms. The van der Waals surface area contributed by atoms with Crippen molar-refractivity contribution >= 4 is 5.69 Å². The van der Waals surface area contributed by atoms with Gasteiger partial charge < -0.3 is 10.0 Å². The van der Waals surface area contributed by atoms with E-state index >= 15 is 0 Å². The Hall–Kier alpha value is -1.06. The van der Waals surface area contributed by atoms with Crippen molar-refractivity contribution in [1.29, 1.82) is 0 Å². The molecule has 104 valence electrons. The summed E-state index contributed by atoms with van der Waals surface area (Å²) in [6.07, 6.45) is 3.43. The number of rotatable bonds is 3. The van der Waals surface area contributed by atoms with E-state index in [1.54, 1.807) is 0 Å². The van der Waals surface area contributed by atoms with Gasteiger partial charge in [0.1, 0.15) is 6.17 Å². The summed E-state index contributed by atoms with van der Waals surface area (Å²) in [5.74, 6) is 0. The van der Waals surface area contributed by atoms with E-state index in [1.165, 1.54) is 18.5 Å². The number of anilines is 1. The van der Waals surface area contributed by atoms with Gasteiger partial charge in [0.05, 0.1) is 5.60 Å². The lowest BCUT2D eigenvalue weighted by Crippen LogP contribution is -2.54. The van der Waals surface area contributed by atoms with Crippen LogP contribution in [-0.2, 0) is 0 Å². The van der Waals surface area contributed by atoms with Gasteiger partial charge in [-0.2, -0.15) is 0 Å². The molecule has 3 atom stereocenters. The van der Waals surface area contributed by atoms with Crippen LogP contribution in [0.1, 0.15) is 33.1 Å². The molecular formula is C16H24N2O. The van der Waals surface area contributed by atoms with E-state index < -0.39 is 5.60 Å². The second-order valence-electron chi connectivity index (χ2n) is 6.11. The first kappa shape index (κ1) is 12.9. The molecule has 0 saturated carbocycles. The van der Waals surface area contributed by atoms with Crippen molar-refractivity contribution in [2.45, 2.75) is 50.9 Å². The van der Waals surface area contributed by atoms with Gasteiger partial charge in [0.25, 0.3) is 0 Å². The number of aliphatic hydroxyl groups is 1. The summed E-state index contributed by atoms with van der Waals surface area (Å²) in [5.41, 5.74) is 0.574. The lowest BCUT2D eigenvalue weighted by atomic mass is 9.97. The molecule has 1 aromatic rings. The molecule has 3 rings (SSSR count). The third kappa shape index (κ3) is 2.15. The van der Waals surface area contributed by atoms with Crippen molar-refractivity contribution < 1.29 is 5.11 Å². The average Bonchev–Trinajstić information content (AvgIpc) is 2.99. The minimum Gasteiger partial charge on any atom is -0.387 e. The molecule has 0 aliphatic carbocycles. The summed E-state index contributed by atoms with van der Waals surface area (Å²) in [4.78, 5) is 4.91. The molecule has 1 N–H and O–H groups in total. The van der Waals surface area contributed by atoms with E-state index in [9.17, 15) is 5.11 Å². The SMILES string of the molecule is CC[C@](C)(O)C1N(c2ccccc2)C[C@@H]2CCCN12. The minimum atomic E-state index is -0.658. The van der Waals surface area contributed by atoms with Crippen LogP contribution in [0.15, 0.2) is 30.3 Å². The number of nitrogens with zero attached hydrogens (tertiary/aromatic N) is 2. The van der Waals surface area contributed by atoms with Crippen LogP contribution >= 0.6 is 0 Å². The first-order valence-electron chi connectivity index (χ1n) is 7.43. The number of para-hydroxylation sites is 1. The van der Waals surface area contributed by atoms with Gasteiger partial charge in [-0.15, -0.1) is 0 Å². The van der Waals surface area contributed by atoms with Crippen molar-refractivity contribution in [2.75, 3.05) is 18.0 Å². The molecule has 1 unspecified atom stereocenters. The van der Waals surface area contributed by atoms with Gasteiger partial charge in [-0.25, -0.2) is 0 Å². The molecule has 2 heterocycles. The molecule has 1 aromatic carbocycles. The molecule has 0 bridgehead atoms. The Bertz CT molecular complexity index is 432. The number of hydrogen-bond acceptors (Lipinski definition) is 3. The molecule has 19 heavy (non-hydrogen) atoms. The smallest absolute Gasteiger partial charge is 0.111 e. The minimum absolute atomic E-state index is 0.118. The summed E-state index contributed by atoms with van der Waals surface area (Å²) in [5, 5.41) is 10.8. The highest BCUT2D eigenvalue weighted by Gasteiger charge is 2.49. The third-order valence-electron chi connectivity index (χ3n) is 4.80. The quantitative estimate of drug-likeness (QED) is 0.904. The Morgan fingerprint density at radius 3 is 2.74 bits per heavy atom. The van der Waals surface area contributed by atoms with Gasteiger partial charge in [0.15, 0.2) is 0 Å². The van der Waals surface area contributed by atoms with Crippen molar-refractivity contribution in [3.05, 3.63) is 30.3 Å². The lowest BCUT2D eigenvalue weighted by molar-refractivity contribution is -0.0212. The van der Waals surface area contributed by atoms with Gasteiger partial charge in [-0.3, -0.25) is 4.90 Å². The van der Waals surface area contributed by atoms with Crippen LogP contribution in [0.5, 0.6) is 0 Å².